The van der Waals surface area contributed by atoms with Gasteiger partial charge >= 0.3 is 0 Å². The molecule has 0 spiro atoms. The third-order valence-corrected chi connectivity index (χ3v) is 6.77. The molecule has 1 aliphatic rings. The van der Waals surface area contributed by atoms with Gasteiger partial charge in [-0.3, -0.25) is 19.2 Å². The Morgan fingerprint density at radius 3 is 2.55 bits per heavy atom. The predicted molar refractivity (Wildman–Crippen MR) is 151 cm³/mol. The Labute approximate surface area is 239 Å². The third kappa shape index (κ3) is 9.15. The van der Waals surface area contributed by atoms with Crippen LogP contribution in [0.25, 0.3) is 0 Å². The van der Waals surface area contributed by atoms with Gasteiger partial charge in [0.15, 0.2) is 0 Å². The molecule has 0 bridgehead atoms. The maximum atomic E-state index is 13.3. The van der Waals surface area contributed by atoms with Gasteiger partial charge in [-0.05, 0) is 55.7 Å². The van der Waals surface area contributed by atoms with Crippen molar-refractivity contribution in [3.63, 3.8) is 0 Å². The van der Waals surface area contributed by atoms with Crippen molar-refractivity contribution in [1.82, 2.24) is 20.9 Å². The van der Waals surface area contributed by atoms with Crippen LogP contribution in [-0.2, 0) is 14.4 Å². The van der Waals surface area contributed by atoms with Crippen LogP contribution in [0.3, 0.4) is 0 Å². The van der Waals surface area contributed by atoms with E-state index in [9.17, 15) is 19.2 Å². The first kappa shape index (κ1) is 30.7. The number of para-hydroxylation sites is 1. The summed E-state index contributed by atoms with van der Waals surface area (Å²) in [5.74, 6) is -0.573. The van der Waals surface area contributed by atoms with Crippen LogP contribution < -0.4 is 25.4 Å². The Kier molecular flexibility index (Phi) is 11.6. The van der Waals surface area contributed by atoms with E-state index >= 15 is 0 Å². The van der Waals surface area contributed by atoms with Crippen LogP contribution in [0.4, 0.5) is 0 Å². The number of carbonyl (C=O) groups excluding carboxylic acids is 4. The number of hydrogen-bond acceptors (Lipinski definition) is 6. The summed E-state index contributed by atoms with van der Waals surface area (Å²) in [5.41, 5.74) is 0.247. The maximum absolute atomic E-state index is 13.3. The second-order valence-electron chi connectivity index (χ2n) is 9.79. The van der Waals surface area contributed by atoms with Gasteiger partial charge in [0.2, 0.25) is 17.7 Å². The molecule has 0 saturated heterocycles. The van der Waals surface area contributed by atoms with Crippen LogP contribution in [0, 0.1) is 5.92 Å². The molecular formula is C29H37ClN4O6. The molecule has 2 atom stereocenters. The van der Waals surface area contributed by atoms with Crippen molar-refractivity contribution < 1.29 is 28.7 Å². The highest BCUT2D eigenvalue weighted by Crippen LogP contribution is 2.20. The highest BCUT2D eigenvalue weighted by molar-refractivity contribution is 6.30. The van der Waals surface area contributed by atoms with Crippen molar-refractivity contribution in [3.8, 4) is 11.5 Å². The first-order chi connectivity index (χ1) is 19.2. The van der Waals surface area contributed by atoms with Crippen LogP contribution in [0.5, 0.6) is 11.5 Å². The molecule has 10 nitrogen and oxygen atoms in total. The molecule has 0 saturated carbocycles. The molecule has 0 radical (unpaired) electrons. The average molecular weight is 573 g/mol. The number of carbonyl (C=O) groups is 4. The van der Waals surface area contributed by atoms with Gasteiger partial charge in [0, 0.05) is 18.0 Å². The lowest BCUT2D eigenvalue weighted by Gasteiger charge is -2.25. The van der Waals surface area contributed by atoms with Gasteiger partial charge in [-0.2, -0.15) is 0 Å². The van der Waals surface area contributed by atoms with E-state index in [0.29, 0.717) is 23.1 Å². The average Bonchev–Trinajstić information content (AvgIpc) is 2.94. The molecule has 216 valence electrons. The third-order valence-electron chi connectivity index (χ3n) is 6.52. The predicted octanol–water partition coefficient (Wildman–Crippen LogP) is 2.80. The standard InChI is InChI=1S/C29H37ClN4O6/c1-4-34-17-26(35)32-24(19(2)3)18-40-25-8-6-5-7-22(25)28(37)33-23(13-14-27(34)36)29(38)31-15-16-39-21-11-9-20(30)10-12-21/h5-12,19,23-24H,4,13-18H2,1-3H3,(H,31,38)(H,32,35)(H,33,37)/t23-,24+/m0/s1. The minimum Gasteiger partial charge on any atom is -0.492 e. The lowest BCUT2D eigenvalue weighted by molar-refractivity contribution is -0.136. The first-order valence-corrected chi connectivity index (χ1v) is 13.8. The zero-order valence-corrected chi connectivity index (χ0v) is 23.8. The molecule has 0 aliphatic carbocycles. The second kappa shape index (κ2) is 15.1. The van der Waals surface area contributed by atoms with Gasteiger partial charge in [-0.15, -0.1) is 0 Å². The number of rotatable bonds is 7. The van der Waals surface area contributed by atoms with Crippen molar-refractivity contribution in [2.75, 3.05) is 32.8 Å². The number of nitrogens with zero attached hydrogens (tertiary/aromatic N) is 1. The Balaban J connectivity index is 1.76. The second-order valence-corrected chi connectivity index (χ2v) is 10.2. The fourth-order valence-corrected chi connectivity index (χ4v) is 4.22. The lowest BCUT2D eigenvalue weighted by Crippen LogP contribution is -2.49. The molecule has 1 heterocycles. The van der Waals surface area contributed by atoms with E-state index in [0.717, 1.165) is 0 Å². The molecule has 11 heteroatoms. The summed E-state index contributed by atoms with van der Waals surface area (Å²) < 4.78 is 11.6. The molecule has 3 rings (SSSR count). The van der Waals surface area contributed by atoms with Gasteiger partial charge in [0.25, 0.3) is 5.91 Å². The fraction of sp³-hybridized carbons (Fsp3) is 0.448. The number of halogens is 1. The summed E-state index contributed by atoms with van der Waals surface area (Å²) in [4.78, 5) is 53.6. The summed E-state index contributed by atoms with van der Waals surface area (Å²) in [7, 11) is 0. The SMILES string of the molecule is CCN1CC(=O)N[C@@H](C(C)C)COc2ccccc2C(=O)N[C@H](C(=O)NCCOc2ccc(Cl)cc2)CCC1=O. The Bertz CT molecular complexity index is 1170. The van der Waals surface area contributed by atoms with Crippen molar-refractivity contribution >= 4 is 35.2 Å². The van der Waals surface area contributed by atoms with Gasteiger partial charge in [-0.25, -0.2) is 0 Å². The Hall–Kier alpha value is -3.79. The molecule has 3 N–H and O–H groups in total. The Morgan fingerprint density at radius 2 is 1.85 bits per heavy atom. The van der Waals surface area contributed by atoms with E-state index in [-0.39, 0.29) is 68.5 Å². The largest absolute Gasteiger partial charge is 0.492 e. The number of fused-ring (bicyclic) bond motifs is 1. The molecular weight excluding hydrogens is 536 g/mol. The number of amides is 4. The van der Waals surface area contributed by atoms with Crippen molar-refractivity contribution in [1.29, 1.82) is 0 Å². The molecule has 0 fully saturated rings. The molecule has 40 heavy (non-hydrogen) atoms. The number of benzene rings is 2. The summed E-state index contributed by atoms with van der Waals surface area (Å²) >= 11 is 5.89. The normalized spacial score (nSPS) is 18.9. The van der Waals surface area contributed by atoms with E-state index < -0.39 is 17.9 Å². The van der Waals surface area contributed by atoms with E-state index in [1.807, 2.05) is 13.8 Å². The molecule has 1 aliphatic heterocycles. The molecule has 4 amide bonds. The zero-order chi connectivity index (χ0) is 29.1. The number of ether oxygens (including phenoxy) is 2. The van der Waals surface area contributed by atoms with Crippen molar-refractivity contribution in [2.45, 2.75) is 45.7 Å². The topological polar surface area (TPSA) is 126 Å². The monoisotopic (exact) mass is 572 g/mol. The van der Waals surface area contributed by atoms with Gasteiger partial charge in [0.05, 0.1) is 24.7 Å². The molecule has 2 aromatic carbocycles. The van der Waals surface area contributed by atoms with Crippen LogP contribution >= 0.6 is 11.6 Å². The highest BCUT2D eigenvalue weighted by Gasteiger charge is 2.27. The minimum absolute atomic E-state index is 0.0352. The van der Waals surface area contributed by atoms with Crippen LogP contribution in [0.1, 0.15) is 44.0 Å². The summed E-state index contributed by atoms with van der Waals surface area (Å²) in [6, 6.07) is 12.2. The van der Waals surface area contributed by atoms with E-state index in [1.165, 1.54) is 4.90 Å². The molecule has 2 aromatic rings. The van der Waals surface area contributed by atoms with Crippen molar-refractivity contribution in [2.24, 2.45) is 5.92 Å². The summed E-state index contributed by atoms with van der Waals surface area (Å²) in [5, 5.41) is 9.06. The van der Waals surface area contributed by atoms with Gasteiger partial charge < -0.3 is 30.3 Å². The quantitative estimate of drug-likeness (QED) is 0.438. The minimum atomic E-state index is -0.999. The summed E-state index contributed by atoms with van der Waals surface area (Å²) in [6.45, 7) is 6.41. The van der Waals surface area contributed by atoms with Gasteiger partial charge in [-0.1, -0.05) is 37.6 Å². The van der Waals surface area contributed by atoms with E-state index in [1.54, 1.807) is 55.5 Å². The first-order valence-electron chi connectivity index (χ1n) is 13.4. The number of likely N-dealkylation sites (N-methyl/N-ethyl adjacent to an activating group) is 1. The number of nitrogens with one attached hydrogen (secondary N) is 3. The van der Waals surface area contributed by atoms with E-state index in [4.69, 9.17) is 21.1 Å². The van der Waals surface area contributed by atoms with Gasteiger partial charge in [0.1, 0.15) is 30.8 Å². The molecule has 0 unspecified atom stereocenters. The van der Waals surface area contributed by atoms with Crippen LogP contribution in [0.15, 0.2) is 48.5 Å². The smallest absolute Gasteiger partial charge is 0.255 e. The van der Waals surface area contributed by atoms with E-state index in [2.05, 4.69) is 16.0 Å². The summed E-state index contributed by atoms with van der Waals surface area (Å²) in [6.07, 6.45) is 0.0106. The maximum Gasteiger partial charge on any atom is 0.255 e. The highest BCUT2D eigenvalue weighted by atomic mass is 35.5. The lowest BCUT2D eigenvalue weighted by atomic mass is 10.1. The zero-order valence-electron chi connectivity index (χ0n) is 23.1. The van der Waals surface area contributed by atoms with Crippen LogP contribution in [0.2, 0.25) is 5.02 Å². The number of hydrogen-bond donors (Lipinski definition) is 3. The van der Waals surface area contributed by atoms with Crippen molar-refractivity contribution in [3.05, 3.63) is 59.1 Å². The molecule has 0 aromatic heterocycles. The fourth-order valence-electron chi connectivity index (χ4n) is 4.09. The Morgan fingerprint density at radius 1 is 1.12 bits per heavy atom. The van der Waals surface area contributed by atoms with Crippen LogP contribution in [-0.4, -0.2) is 73.5 Å².